The first-order valence-electron chi connectivity index (χ1n) is 3.69. The summed E-state index contributed by atoms with van der Waals surface area (Å²) in [6.45, 7) is 1.32. The van der Waals surface area contributed by atoms with E-state index in [2.05, 4.69) is 0 Å². The lowest BCUT2D eigenvalue weighted by atomic mass is 10.2. The summed E-state index contributed by atoms with van der Waals surface area (Å²) < 4.78 is 9.65. The van der Waals surface area contributed by atoms with Crippen LogP contribution >= 0.6 is 0 Å². The molecule has 1 aliphatic rings. The number of hydrogen-bond acceptors (Lipinski definition) is 4. The van der Waals surface area contributed by atoms with Crippen LogP contribution in [0.3, 0.4) is 0 Å². The molecule has 0 aromatic rings. The van der Waals surface area contributed by atoms with Gasteiger partial charge in [-0.3, -0.25) is 4.79 Å². The molecule has 1 saturated heterocycles. The third kappa shape index (κ3) is 2.86. The van der Waals surface area contributed by atoms with Crippen LogP contribution in [0.5, 0.6) is 0 Å². The molecule has 1 heterocycles. The van der Waals surface area contributed by atoms with Gasteiger partial charge >= 0.3 is 5.97 Å². The van der Waals surface area contributed by atoms with Crippen molar-refractivity contribution in [1.29, 1.82) is 0 Å². The molecule has 0 amide bonds. The molecule has 4 heteroatoms. The molecular weight excluding hydrogens is 148 g/mol. The highest BCUT2D eigenvalue weighted by molar-refractivity contribution is 5.66. The number of hydrogen-bond donors (Lipinski definition) is 1. The Hall–Kier alpha value is -0.610. The van der Waals surface area contributed by atoms with Gasteiger partial charge in [-0.2, -0.15) is 0 Å². The predicted octanol–water partition coefficient (Wildman–Crippen LogP) is 0.394. The van der Waals surface area contributed by atoms with Crippen LogP contribution in [0.25, 0.3) is 0 Å². The minimum absolute atomic E-state index is 0.371. The quantitative estimate of drug-likeness (QED) is 0.564. The Morgan fingerprint density at radius 3 is 2.91 bits per heavy atom. The Morgan fingerprint density at radius 2 is 2.36 bits per heavy atom. The molecule has 0 aromatic carbocycles. The van der Waals surface area contributed by atoms with Gasteiger partial charge in [0, 0.05) is 13.3 Å². The zero-order chi connectivity index (χ0) is 8.27. The van der Waals surface area contributed by atoms with Gasteiger partial charge in [-0.05, 0) is 12.8 Å². The molecule has 0 saturated carbocycles. The second-order valence-electron chi connectivity index (χ2n) is 2.56. The number of rotatable bonds is 1. The van der Waals surface area contributed by atoms with Crippen molar-refractivity contribution in [3.63, 3.8) is 0 Å². The molecule has 1 fully saturated rings. The normalized spacial score (nSPS) is 31.5. The highest BCUT2D eigenvalue weighted by Gasteiger charge is 2.22. The van der Waals surface area contributed by atoms with E-state index in [1.165, 1.54) is 6.92 Å². The van der Waals surface area contributed by atoms with Crippen LogP contribution in [0.15, 0.2) is 0 Å². The monoisotopic (exact) mass is 160 g/mol. The number of esters is 1. The van der Waals surface area contributed by atoms with Crippen molar-refractivity contribution in [2.45, 2.75) is 38.8 Å². The molecule has 1 N–H and O–H groups in total. The average molecular weight is 160 g/mol. The van der Waals surface area contributed by atoms with Crippen LogP contribution in [0.1, 0.15) is 26.2 Å². The van der Waals surface area contributed by atoms with Crippen molar-refractivity contribution in [2.75, 3.05) is 0 Å². The van der Waals surface area contributed by atoms with Gasteiger partial charge in [0.15, 0.2) is 6.29 Å². The largest absolute Gasteiger partial charge is 0.436 e. The second-order valence-corrected chi connectivity index (χ2v) is 2.56. The van der Waals surface area contributed by atoms with E-state index >= 15 is 0 Å². The first kappa shape index (κ1) is 8.49. The number of aliphatic hydroxyl groups excluding tert-OH is 1. The molecule has 11 heavy (non-hydrogen) atoms. The molecule has 0 radical (unpaired) electrons. The molecule has 0 spiro atoms. The van der Waals surface area contributed by atoms with Gasteiger partial charge < -0.3 is 14.6 Å². The Morgan fingerprint density at radius 1 is 1.64 bits per heavy atom. The summed E-state index contributed by atoms with van der Waals surface area (Å²) >= 11 is 0. The van der Waals surface area contributed by atoms with Gasteiger partial charge in [0.2, 0.25) is 6.29 Å². The summed E-state index contributed by atoms with van der Waals surface area (Å²) in [6.07, 6.45) is 0.817. The average Bonchev–Trinajstić information content (AvgIpc) is 1.85. The highest BCUT2D eigenvalue weighted by Crippen LogP contribution is 2.17. The fraction of sp³-hybridized carbons (Fsp3) is 0.857. The third-order valence-electron chi connectivity index (χ3n) is 1.50. The lowest BCUT2D eigenvalue weighted by Crippen LogP contribution is -2.30. The number of carbonyl (C=O) groups is 1. The number of aliphatic hydroxyl groups is 1. The predicted molar refractivity (Wildman–Crippen MR) is 36.5 cm³/mol. The van der Waals surface area contributed by atoms with E-state index in [-0.39, 0.29) is 5.97 Å². The first-order valence-corrected chi connectivity index (χ1v) is 3.69. The van der Waals surface area contributed by atoms with E-state index in [0.717, 1.165) is 6.42 Å². The molecule has 1 aliphatic heterocycles. The van der Waals surface area contributed by atoms with Crippen molar-refractivity contribution in [2.24, 2.45) is 0 Å². The van der Waals surface area contributed by atoms with Gasteiger partial charge in [-0.1, -0.05) is 0 Å². The highest BCUT2D eigenvalue weighted by atomic mass is 16.7. The maximum absolute atomic E-state index is 10.4. The van der Waals surface area contributed by atoms with E-state index < -0.39 is 12.6 Å². The fourth-order valence-corrected chi connectivity index (χ4v) is 1.04. The van der Waals surface area contributed by atoms with E-state index in [0.29, 0.717) is 12.8 Å². The van der Waals surface area contributed by atoms with E-state index in [1.54, 1.807) is 0 Å². The molecule has 2 atom stereocenters. The maximum Gasteiger partial charge on any atom is 0.304 e. The lowest BCUT2D eigenvalue weighted by Gasteiger charge is -2.25. The molecule has 64 valence electrons. The van der Waals surface area contributed by atoms with E-state index in [4.69, 9.17) is 14.6 Å². The van der Waals surface area contributed by atoms with Gasteiger partial charge in [0.25, 0.3) is 0 Å². The molecule has 4 nitrogen and oxygen atoms in total. The molecule has 0 aliphatic carbocycles. The summed E-state index contributed by atoms with van der Waals surface area (Å²) in [5.74, 6) is -0.371. The summed E-state index contributed by atoms with van der Waals surface area (Å²) in [6, 6.07) is 0. The molecule has 1 unspecified atom stereocenters. The minimum atomic E-state index is -0.770. The summed E-state index contributed by atoms with van der Waals surface area (Å²) in [5, 5.41) is 8.98. The van der Waals surface area contributed by atoms with Crippen molar-refractivity contribution in [3.8, 4) is 0 Å². The number of carbonyl (C=O) groups excluding carboxylic acids is 1. The zero-order valence-corrected chi connectivity index (χ0v) is 6.45. The Labute approximate surface area is 65.1 Å². The topological polar surface area (TPSA) is 55.8 Å². The summed E-state index contributed by atoms with van der Waals surface area (Å²) in [7, 11) is 0. The van der Waals surface area contributed by atoms with Gasteiger partial charge in [-0.25, -0.2) is 0 Å². The molecule has 1 rings (SSSR count). The van der Waals surface area contributed by atoms with Gasteiger partial charge in [-0.15, -0.1) is 0 Å². The minimum Gasteiger partial charge on any atom is -0.436 e. The maximum atomic E-state index is 10.4. The SMILES string of the molecule is CC(=O)OC1CCC[C@H](O)O1. The van der Waals surface area contributed by atoms with Crippen molar-refractivity contribution < 1.29 is 19.4 Å². The summed E-state index contributed by atoms with van der Waals surface area (Å²) in [5.41, 5.74) is 0. The molecule has 0 bridgehead atoms. The molecule has 0 aromatic heterocycles. The van der Waals surface area contributed by atoms with E-state index in [1.807, 2.05) is 0 Å². The van der Waals surface area contributed by atoms with E-state index in [9.17, 15) is 4.79 Å². The fourth-order valence-electron chi connectivity index (χ4n) is 1.04. The summed E-state index contributed by atoms with van der Waals surface area (Å²) in [4.78, 5) is 10.4. The Bertz CT molecular complexity index is 145. The smallest absolute Gasteiger partial charge is 0.304 e. The van der Waals surface area contributed by atoms with Crippen LogP contribution in [-0.4, -0.2) is 23.7 Å². The van der Waals surface area contributed by atoms with Crippen molar-refractivity contribution in [1.82, 2.24) is 0 Å². The number of ether oxygens (including phenoxy) is 2. The van der Waals surface area contributed by atoms with Crippen LogP contribution < -0.4 is 0 Å². The Kier molecular flexibility index (Phi) is 2.84. The van der Waals surface area contributed by atoms with Crippen molar-refractivity contribution in [3.05, 3.63) is 0 Å². The van der Waals surface area contributed by atoms with Gasteiger partial charge in [0.1, 0.15) is 0 Å². The van der Waals surface area contributed by atoms with Crippen LogP contribution in [0, 0.1) is 0 Å². The van der Waals surface area contributed by atoms with Crippen LogP contribution in [-0.2, 0) is 14.3 Å². The Balaban J connectivity index is 2.28. The van der Waals surface area contributed by atoms with Gasteiger partial charge in [0.05, 0.1) is 0 Å². The molecular formula is C7H12O4. The zero-order valence-electron chi connectivity index (χ0n) is 6.45. The van der Waals surface area contributed by atoms with Crippen LogP contribution in [0.2, 0.25) is 0 Å². The third-order valence-corrected chi connectivity index (χ3v) is 1.50. The second kappa shape index (κ2) is 3.69. The first-order chi connectivity index (χ1) is 5.18. The van der Waals surface area contributed by atoms with Crippen LogP contribution in [0.4, 0.5) is 0 Å². The van der Waals surface area contributed by atoms with Crippen molar-refractivity contribution >= 4 is 5.97 Å². The standard InChI is InChI=1S/C7H12O4/c1-5(8)10-7-4-2-3-6(9)11-7/h6-7,9H,2-4H2,1H3/t6-,7?/m1/s1. The lowest BCUT2D eigenvalue weighted by molar-refractivity contribution is -0.244.